The summed E-state index contributed by atoms with van der Waals surface area (Å²) >= 11 is 5.90. The smallest absolute Gasteiger partial charge is 0.141 e. The van der Waals surface area contributed by atoms with Crippen molar-refractivity contribution in [1.29, 1.82) is 0 Å². The van der Waals surface area contributed by atoms with Gasteiger partial charge in [0.15, 0.2) is 0 Å². The van der Waals surface area contributed by atoms with E-state index in [0.717, 1.165) is 31.7 Å². The zero-order valence-corrected chi connectivity index (χ0v) is 11.7. The first-order valence-electron chi connectivity index (χ1n) is 6.49. The summed E-state index contributed by atoms with van der Waals surface area (Å²) in [5, 5.41) is 3.57. The highest BCUT2D eigenvalue weighted by Crippen LogP contribution is 2.31. The van der Waals surface area contributed by atoms with E-state index in [0.29, 0.717) is 12.0 Å². The van der Waals surface area contributed by atoms with E-state index in [2.05, 4.69) is 24.1 Å². The van der Waals surface area contributed by atoms with Crippen molar-refractivity contribution in [2.45, 2.75) is 19.9 Å². The fourth-order valence-electron chi connectivity index (χ4n) is 2.67. The summed E-state index contributed by atoms with van der Waals surface area (Å²) in [5.41, 5.74) is 1.11. The van der Waals surface area contributed by atoms with Gasteiger partial charge in [-0.15, -0.1) is 0 Å². The fourth-order valence-corrected chi connectivity index (χ4v) is 2.86. The van der Waals surface area contributed by atoms with E-state index in [1.165, 1.54) is 6.07 Å². The first-order valence-corrected chi connectivity index (χ1v) is 6.87. The van der Waals surface area contributed by atoms with Gasteiger partial charge in [0.05, 0.1) is 5.02 Å². The third-order valence-corrected chi connectivity index (χ3v) is 3.75. The van der Waals surface area contributed by atoms with Crippen LogP contribution in [0, 0.1) is 11.7 Å². The van der Waals surface area contributed by atoms with E-state index < -0.39 is 0 Å². The van der Waals surface area contributed by atoms with Crippen LogP contribution in [-0.4, -0.2) is 31.1 Å². The third kappa shape index (κ3) is 3.02. The summed E-state index contributed by atoms with van der Waals surface area (Å²) in [7, 11) is 0. The summed E-state index contributed by atoms with van der Waals surface area (Å²) in [4.78, 5) is 2.45. The van der Waals surface area contributed by atoms with Gasteiger partial charge in [0.25, 0.3) is 0 Å². The summed E-state index contributed by atoms with van der Waals surface area (Å²) in [6, 6.07) is 5.40. The molecule has 0 bridgehead atoms. The molecular weight excluding hydrogens is 251 g/mol. The highest BCUT2D eigenvalue weighted by atomic mass is 35.5. The molecule has 18 heavy (non-hydrogen) atoms. The van der Waals surface area contributed by atoms with Gasteiger partial charge in [-0.2, -0.15) is 0 Å². The molecule has 0 aromatic heterocycles. The van der Waals surface area contributed by atoms with E-state index in [1.807, 2.05) is 6.07 Å². The molecule has 1 N–H and O–H groups in total. The molecule has 1 aromatic carbocycles. The van der Waals surface area contributed by atoms with Crippen LogP contribution in [0.15, 0.2) is 18.2 Å². The molecule has 0 aliphatic carbocycles. The molecule has 2 nitrogen and oxygen atoms in total. The van der Waals surface area contributed by atoms with Crippen LogP contribution in [0.25, 0.3) is 0 Å². The number of halogens is 2. The van der Waals surface area contributed by atoms with Crippen molar-refractivity contribution < 1.29 is 4.39 Å². The lowest BCUT2D eigenvalue weighted by atomic mass is 9.94. The summed E-state index contributed by atoms with van der Waals surface area (Å²) in [6.45, 7) is 8.47. The number of nitrogens with zero attached hydrogens (tertiary/aromatic N) is 1. The number of piperazine rings is 1. The number of rotatable bonds is 3. The summed E-state index contributed by atoms with van der Waals surface area (Å²) in [5.74, 6) is 0.132. The Morgan fingerprint density at radius 2 is 1.94 bits per heavy atom. The van der Waals surface area contributed by atoms with Crippen molar-refractivity contribution in [2.24, 2.45) is 5.92 Å². The van der Waals surface area contributed by atoms with Crippen molar-refractivity contribution in [2.75, 3.05) is 26.2 Å². The number of hydrogen-bond acceptors (Lipinski definition) is 2. The number of benzene rings is 1. The van der Waals surface area contributed by atoms with Gasteiger partial charge in [0.2, 0.25) is 0 Å². The predicted octanol–water partition coefficient (Wildman–Crippen LogP) is 3.08. The Hall–Kier alpha value is -0.640. The van der Waals surface area contributed by atoms with Gasteiger partial charge in [0.1, 0.15) is 5.82 Å². The highest BCUT2D eigenvalue weighted by Gasteiger charge is 2.25. The van der Waals surface area contributed by atoms with Gasteiger partial charge in [0, 0.05) is 32.2 Å². The van der Waals surface area contributed by atoms with Crippen LogP contribution in [0.4, 0.5) is 4.39 Å². The van der Waals surface area contributed by atoms with Crippen molar-refractivity contribution in [3.8, 4) is 0 Å². The SMILES string of the molecule is CC(C)C(c1ccc(F)c(Cl)c1)N1CCNCC1. The van der Waals surface area contributed by atoms with Crippen LogP contribution in [-0.2, 0) is 0 Å². The first-order chi connectivity index (χ1) is 8.59. The Balaban J connectivity index is 2.25. The van der Waals surface area contributed by atoms with E-state index in [9.17, 15) is 4.39 Å². The molecule has 0 radical (unpaired) electrons. The van der Waals surface area contributed by atoms with Crippen LogP contribution in [0.5, 0.6) is 0 Å². The van der Waals surface area contributed by atoms with Gasteiger partial charge in [-0.25, -0.2) is 4.39 Å². The quantitative estimate of drug-likeness (QED) is 0.908. The number of nitrogens with one attached hydrogen (secondary N) is 1. The molecule has 4 heteroatoms. The monoisotopic (exact) mass is 270 g/mol. The predicted molar refractivity (Wildman–Crippen MR) is 73.4 cm³/mol. The molecule has 1 aliphatic rings. The normalized spacial score (nSPS) is 19.2. The third-order valence-electron chi connectivity index (χ3n) is 3.46. The second-order valence-electron chi connectivity index (χ2n) is 5.15. The maximum absolute atomic E-state index is 13.2. The van der Waals surface area contributed by atoms with Gasteiger partial charge < -0.3 is 5.32 Å². The average molecular weight is 271 g/mol. The fraction of sp³-hybridized carbons (Fsp3) is 0.571. The van der Waals surface area contributed by atoms with Crippen molar-refractivity contribution >= 4 is 11.6 Å². The van der Waals surface area contributed by atoms with Gasteiger partial charge >= 0.3 is 0 Å². The molecule has 1 unspecified atom stereocenters. The average Bonchev–Trinajstić information content (AvgIpc) is 2.35. The standard InChI is InChI=1S/C14H20ClFN2/c1-10(2)14(18-7-5-17-6-8-18)11-3-4-13(16)12(15)9-11/h3-4,9-10,14,17H,5-8H2,1-2H3. The zero-order chi connectivity index (χ0) is 13.1. The van der Waals surface area contributed by atoms with Crippen LogP contribution in [0.2, 0.25) is 5.02 Å². The maximum atomic E-state index is 13.2. The van der Waals surface area contributed by atoms with Gasteiger partial charge in [-0.3, -0.25) is 4.90 Å². The van der Waals surface area contributed by atoms with E-state index in [-0.39, 0.29) is 10.8 Å². The minimum Gasteiger partial charge on any atom is -0.314 e. The molecule has 1 saturated heterocycles. The molecule has 0 saturated carbocycles. The van der Waals surface area contributed by atoms with Crippen LogP contribution < -0.4 is 5.32 Å². The lowest BCUT2D eigenvalue weighted by Crippen LogP contribution is -2.46. The van der Waals surface area contributed by atoms with E-state index in [4.69, 9.17) is 11.6 Å². The Morgan fingerprint density at radius 3 is 2.50 bits per heavy atom. The first kappa shape index (κ1) is 13.8. The highest BCUT2D eigenvalue weighted by molar-refractivity contribution is 6.30. The van der Waals surface area contributed by atoms with Crippen molar-refractivity contribution in [1.82, 2.24) is 10.2 Å². The molecule has 1 aliphatic heterocycles. The summed E-state index contributed by atoms with van der Waals surface area (Å²) < 4.78 is 13.2. The Bertz CT molecular complexity index is 403. The molecule has 1 aromatic rings. The van der Waals surface area contributed by atoms with E-state index >= 15 is 0 Å². The second-order valence-corrected chi connectivity index (χ2v) is 5.56. The van der Waals surface area contributed by atoms with E-state index in [1.54, 1.807) is 6.07 Å². The van der Waals surface area contributed by atoms with Crippen LogP contribution in [0.3, 0.4) is 0 Å². The minimum atomic E-state index is -0.344. The zero-order valence-electron chi connectivity index (χ0n) is 10.9. The molecule has 1 atom stereocenters. The molecule has 0 amide bonds. The Morgan fingerprint density at radius 1 is 1.28 bits per heavy atom. The Labute approximate surface area is 113 Å². The lowest BCUT2D eigenvalue weighted by molar-refractivity contribution is 0.137. The van der Waals surface area contributed by atoms with Crippen molar-refractivity contribution in [3.05, 3.63) is 34.6 Å². The van der Waals surface area contributed by atoms with Gasteiger partial charge in [-0.1, -0.05) is 31.5 Å². The van der Waals surface area contributed by atoms with Gasteiger partial charge in [-0.05, 0) is 23.6 Å². The molecule has 1 fully saturated rings. The van der Waals surface area contributed by atoms with Crippen molar-refractivity contribution in [3.63, 3.8) is 0 Å². The molecular formula is C14H20ClFN2. The molecule has 1 heterocycles. The van der Waals surface area contributed by atoms with Crippen LogP contribution >= 0.6 is 11.6 Å². The topological polar surface area (TPSA) is 15.3 Å². The number of hydrogen-bond donors (Lipinski definition) is 1. The second kappa shape index (κ2) is 6.00. The molecule has 0 spiro atoms. The van der Waals surface area contributed by atoms with Crippen LogP contribution in [0.1, 0.15) is 25.5 Å². The lowest BCUT2D eigenvalue weighted by Gasteiger charge is -2.37. The molecule has 100 valence electrons. The Kier molecular flexibility index (Phi) is 4.60. The maximum Gasteiger partial charge on any atom is 0.141 e. The summed E-state index contributed by atoms with van der Waals surface area (Å²) in [6.07, 6.45) is 0. The molecule has 2 rings (SSSR count). The minimum absolute atomic E-state index is 0.216. The largest absolute Gasteiger partial charge is 0.314 e.